The second kappa shape index (κ2) is 17.3. The number of anilines is 2. The van der Waals surface area contributed by atoms with Gasteiger partial charge in [-0.25, -0.2) is 17.1 Å². The largest absolute Gasteiger partial charge is 0.493 e. The number of hydrogen-bond acceptors (Lipinski definition) is 11. The Bertz CT molecular complexity index is 2840. The molecule has 0 saturated heterocycles. The van der Waals surface area contributed by atoms with Gasteiger partial charge >= 0.3 is 0 Å². The van der Waals surface area contributed by atoms with Gasteiger partial charge in [-0.15, -0.1) is 0 Å². The van der Waals surface area contributed by atoms with Gasteiger partial charge in [0.2, 0.25) is 5.78 Å². The average Bonchev–Trinajstić information content (AvgIpc) is 3.86. The van der Waals surface area contributed by atoms with Crippen LogP contribution in [0, 0.1) is 6.92 Å². The zero-order valence-corrected chi connectivity index (χ0v) is 33.1. The molecular formula is C45H40N6O7S. The number of para-hydroxylation sites is 3. The first kappa shape index (κ1) is 39.7. The lowest BCUT2D eigenvalue weighted by Gasteiger charge is -2.13. The van der Waals surface area contributed by atoms with E-state index in [1.54, 1.807) is 79.9 Å². The molecule has 8 aromatic rings. The van der Waals surface area contributed by atoms with E-state index in [0.717, 1.165) is 21.0 Å². The van der Waals surface area contributed by atoms with E-state index in [9.17, 15) is 13.2 Å². The molecule has 2 heterocycles. The van der Waals surface area contributed by atoms with Crippen molar-refractivity contribution in [2.45, 2.75) is 11.8 Å². The molecule has 8 rings (SSSR count). The number of rotatable bonds is 12. The Kier molecular flexibility index (Phi) is 11.6. The van der Waals surface area contributed by atoms with Gasteiger partial charge in [-0.05, 0) is 79.7 Å². The number of hydrazine groups is 1. The van der Waals surface area contributed by atoms with Crippen LogP contribution in [0.15, 0.2) is 163 Å². The number of nitrogens with two attached hydrogens (primary N) is 2. The fraction of sp³-hybridized carbons (Fsp3) is 0.0667. The summed E-state index contributed by atoms with van der Waals surface area (Å²) < 4.78 is 52.6. The Labute approximate surface area is 341 Å². The van der Waals surface area contributed by atoms with Crippen LogP contribution in [-0.4, -0.2) is 42.2 Å². The summed E-state index contributed by atoms with van der Waals surface area (Å²) in [4.78, 5) is 14.0. The molecule has 0 aliphatic rings. The predicted molar refractivity (Wildman–Crippen MR) is 227 cm³/mol. The third-order valence-corrected chi connectivity index (χ3v) is 10.9. The number of carbonyl (C=O) groups is 1. The summed E-state index contributed by atoms with van der Waals surface area (Å²) in [7, 11) is -1.01. The van der Waals surface area contributed by atoms with E-state index in [1.165, 1.54) is 30.1 Å². The van der Waals surface area contributed by atoms with Crippen LogP contribution in [-0.2, 0) is 10.0 Å². The minimum absolute atomic E-state index is 0.0447. The molecule has 0 aliphatic heterocycles. The van der Waals surface area contributed by atoms with Gasteiger partial charge in [-0.3, -0.25) is 10.6 Å². The van der Waals surface area contributed by atoms with Crippen molar-refractivity contribution >= 4 is 38.2 Å². The minimum Gasteiger partial charge on any atom is -0.493 e. The summed E-state index contributed by atoms with van der Waals surface area (Å²) in [5.41, 5.74) is 11.6. The number of fused-ring (bicyclic) bond motifs is 1. The molecule has 298 valence electrons. The van der Waals surface area contributed by atoms with E-state index < -0.39 is 15.8 Å². The highest BCUT2D eigenvalue weighted by Gasteiger charge is 2.29. The predicted octanol–water partition coefficient (Wildman–Crippen LogP) is 8.76. The van der Waals surface area contributed by atoms with Crippen molar-refractivity contribution in [3.63, 3.8) is 0 Å². The fourth-order valence-corrected chi connectivity index (χ4v) is 7.69. The molecule has 59 heavy (non-hydrogen) atoms. The highest BCUT2D eigenvalue weighted by Crippen LogP contribution is 2.36. The number of aryl methyl sites for hydroxylation is 1. The number of methoxy groups -OCH3 is 2. The highest BCUT2D eigenvalue weighted by atomic mass is 32.2. The van der Waals surface area contributed by atoms with Crippen molar-refractivity contribution < 1.29 is 32.2 Å². The zero-order valence-electron chi connectivity index (χ0n) is 32.3. The van der Waals surface area contributed by atoms with E-state index in [4.69, 9.17) is 30.5 Å². The van der Waals surface area contributed by atoms with Gasteiger partial charge in [-0.2, -0.15) is 5.10 Å². The zero-order chi connectivity index (χ0) is 41.5. The molecule has 0 unspecified atom stereocenters. The van der Waals surface area contributed by atoms with Crippen LogP contribution < -0.4 is 35.9 Å². The van der Waals surface area contributed by atoms with Crippen molar-refractivity contribution in [3.05, 3.63) is 175 Å². The number of nitrogens with one attached hydrogen (secondary N) is 1. The SMILES string of the molecule is COc1cc(-n2ncc(C(=O)c3cc4ccccc4n3S(=O)(=O)c3ccc(C)cc3)c2N)ccc1Oc1ccccc1.COc1cc(NN)ccc1Oc1ccccc1. The maximum Gasteiger partial charge on any atom is 0.268 e. The summed E-state index contributed by atoms with van der Waals surface area (Å²) in [6.45, 7) is 1.87. The van der Waals surface area contributed by atoms with Gasteiger partial charge < -0.3 is 30.1 Å². The third-order valence-electron chi connectivity index (χ3n) is 9.17. The number of carbonyl (C=O) groups excluding carboxylic acids is 1. The van der Waals surface area contributed by atoms with Crippen LogP contribution >= 0.6 is 0 Å². The van der Waals surface area contributed by atoms with Crippen LogP contribution in [0.4, 0.5) is 11.5 Å². The molecule has 14 heteroatoms. The van der Waals surface area contributed by atoms with E-state index in [-0.39, 0.29) is 22.0 Å². The molecule has 0 amide bonds. The minimum atomic E-state index is -4.12. The number of nitrogens with zero attached hydrogens (tertiary/aromatic N) is 3. The molecule has 0 bridgehead atoms. The average molecular weight is 809 g/mol. The lowest BCUT2D eigenvalue weighted by Crippen LogP contribution is -2.19. The van der Waals surface area contributed by atoms with Gasteiger partial charge in [0.15, 0.2) is 23.0 Å². The molecule has 13 nitrogen and oxygen atoms in total. The summed E-state index contributed by atoms with van der Waals surface area (Å²) in [6, 6.07) is 44.3. The first-order valence-corrected chi connectivity index (χ1v) is 19.6. The third kappa shape index (κ3) is 8.44. The number of aromatic nitrogens is 3. The molecule has 0 aliphatic carbocycles. The lowest BCUT2D eigenvalue weighted by atomic mass is 10.1. The van der Waals surface area contributed by atoms with Crippen LogP contribution in [0.3, 0.4) is 0 Å². The number of hydrogen-bond donors (Lipinski definition) is 3. The van der Waals surface area contributed by atoms with Crippen molar-refractivity contribution in [3.8, 4) is 40.2 Å². The van der Waals surface area contributed by atoms with Crippen LogP contribution in [0.2, 0.25) is 0 Å². The molecule has 0 saturated carbocycles. The summed E-state index contributed by atoms with van der Waals surface area (Å²) in [5, 5.41) is 4.95. The second-order valence-corrected chi connectivity index (χ2v) is 14.8. The molecule has 5 N–H and O–H groups in total. The fourth-order valence-electron chi connectivity index (χ4n) is 6.18. The molecule has 0 atom stereocenters. The normalized spacial score (nSPS) is 11.0. The molecule has 0 spiro atoms. The standard InChI is InChI=1S/C32H26N4O5S.C13H14N2O2/c1-21-12-15-25(16-13-21)42(38,39)36-27-11-7-6-8-22(27)18-28(36)31(37)26-20-34-35(32(26)33)23-14-17-29(30(19-23)40-2)41-24-9-4-3-5-10-24;1-16-13-9-10(15-14)7-8-12(13)17-11-5-3-2-4-6-11/h3-20H,33H2,1-2H3;2-9,15H,14H2,1H3. The summed E-state index contributed by atoms with van der Waals surface area (Å²) in [6.07, 6.45) is 1.33. The number of benzene rings is 6. The van der Waals surface area contributed by atoms with E-state index in [2.05, 4.69) is 10.5 Å². The van der Waals surface area contributed by atoms with Crippen molar-refractivity contribution in [2.24, 2.45) is 5.84 Å². The molecule has 0 radical (unpaired) electrons. The number of nitrogen functional groups attached to an aromatic ring is 2. The van der Waals surface area contributed by atoms with Crippen molar-refractivity contribution in [1.29, 1.82) is 0 Å². The maximum absolute atomic E-state index is 14.0. The Morgan fingerprint density at radius 3 is 1.86 bits per heavy atom. The Morgan fingerprint density at radius 2 is 1.25 bits per heavy atom. The number of ether oxygens (including phenoxy) is 4. The first-order valence-electron chi connectivity index (χ1n) is 18.2. The quantitative estimate of drug-likeness (QED) is 0.0611. The summed E-state index contributed by atoms with van der Waals surface area (Å²) >= 11 is 0. The Balaban J connectivity index is 0.000000259. The van der Waals surface area contributed by atoms with Gasteiger partial charge in [0.25, 0.3) is 10.0 Å². The van der Waals surface area contributed by atoms with Crippen LogP contribution in [0.1, 0.15) is 21.6 Å². The Morgan fingerprint density at radius 1 is 0.678 bits per heavy atom. The number of ketones is 1. The van der Waals surface area contributed by atoms with Gasteiger partial charge in [-0.1, -0.05) is 72.3 Å². The van der Waals surface area contributed by atoms with E-state index >= 15 is 0 Å². The smallest absolute Gasteiger partial charge is 0.268 e. The van der Waals surface area contributed by atoms with Crippen LogP contribution in [0.5, 0.6) is 34.5 Å². The van der Waals surface area contributed by atoms with Crippen molar-refractivity contribution in [2.75, 3.05) is 25.4 Å². The first-order chi connectivity index (χ1) is 28.6. The highest BCUT2D eigenvalue weighted by molar-refractivity contribution is 7.90. The lowest BCUT2D eigenvalue weighted by molar-refractivity contribution is 0.103. The topological polar surface area (TPSA) is 175 Å². The Hall–Kier alpha value is -7.55. The molecular weight excluding hydrogens is 769 g/mol. The molecule has 0 fully saturated rings. The second-order valence-electron chi connectivity index (χ2n) is 13.0. The summed E-state index contributed by atoms with van der Waals surface area (Å²) in [5.74, 6) is 8.40. The van der Waals surface area contributed by atoms with E-state index in [0.29, 0.717) is 45.3 Å². The van der Waals surface area contributed by atoms with Crippen molar-refractivity contribution in [1.82, 2.24) is 13.8 Å². The molecule has 2 aromatic heterocycles. The van der Waals surface area contributed by atoms with Gasteiger partial charge in [0.1, 0.15) is 23.0 Å². The maximum atomic E-state index is 14.0. The van der Waals surface area contributed by atoms with Gasteiger partial charge in [0.05, 0.1) is 47.8 Å². The van der Waals surface area contributed by atoms with Crippen LogP contribution in [0.25, 0.3) is 16.6 Å². The van der Waals surface area contributed by atoms with E-state index in [1.807, 2.05) is 73.7 Å². The monoisotopic (exact) mass is 808 g/mol. The molecule has 6 aromatic carbocycles. The van der Waals surface area contributed by atoms with Gasteiger partial charge in [0, 0.05) is 17.5 Å².